The number of fused-ring (bicyclic) bond motifs is 1. The second kappa shape index (κ2) is 4.29. The van der Waals surface area contributed by atoms with Crippen molar-refractivity contribution in [2.75, 3.05) is 6.61 Å². The molecule has 0 radical (unpaired) electrons. The van der Waals surface area contributed by atoms with E-state index in [1.165, 1.54) is 15.6 Å². The van der Waals surface area contributed by atoms with Crippen LogP contribution < -0.4 is 0 Å². The second-order valence-corrected chi connectivity index (χ2v) is 4.63. The molecule has 0 saturated carbocycles. The van der Waals surface area contributed by atoms with Crippen LogP contribution in [0.25, 0.3) is 10.1 Å². The van der Waals surface area contributed by atoms with Crippen LogP contribution in [0.1, 0.15) is 18.1 Å². The SMILES string of the molecule is CCOC(=S)c1ccc2scc(C)c2c1. The lowest BCUT2D eigenvalue weighted by atomic mass is 10.1. The number of benzene rings is 1. The number of thiophene rings is 1. The van der Waals surface area contributed by atoms with Gasteiger partial charge in [0.2, 0.25) is 0 Å². The van der Waals surface area contributed by atoms with Crippen LogP contribution in [-0.4, -0.2) is 11.7 Å². The number of aryl methyl sites for hydroxylation is 1. The summed E-state index contributed by atoms with van der Waals surface area (Å²) < 4.78 is 6.63. The third kappa shape index (κ3) is 2.03. The summed E-state index contributed by atoms with van der Waals surface area (Å²) in [6.07, 6.45) is 0. The summed E-state index contributed by atoms with van der Waals surface area (Å²) in [6.45, 7) is 4.69. The summed E-state index contributed by atoms with van der Waals surface area (Å²) in [4.78, 5) is 0. The average Bonchev–Trinajstić information content (AvgIpc) is 2.60. The Morgan fingerprint density at radius 2 is 2.27 bits per heavy atom. The lowest BCUT2D eigenvalue weighted by molar-refractivity contribution is 0.337. The molecule has 0 N–H and O–H groups in total. The molecule has 0 unspecified atom stereocenters. The van der Waals surface area contributed by atoms with E-state index in [-0.39, 0.29) is 0 Å². The predicted octanol–water partition coefficient (Wildman–Crippen LogP) is 3.92. The fourth-order valence-corrected chi connectivity index (χ4v) is 2.67. The van der Waals surface area contributed by atoms with Crippen molar-refractivity contribution in [2.45, 2.75) is 13.8 Å². The zero-order valence-electron chi connectivity index (χ0n) is 8.74. The molecule has 15 heavy (non-hydrogen) atoms. The van der Waals surface area contributed by atoms with Gasteiger partial charge in [-0.3, -0.25) is 0 Å². The molecular weight excluding hydrogens is 224 g/mol. The summed E-state index contributed by atoms with van der Waals surface area (Å²) in [5.74, 6) is 0. The molecule has 1 heterocycles. The van der Waals surface area contributed by atoms with Crippen molar-refractivity contribution < 1.29 is 4.74 Å². The molecule has 0 bridgehead atoms. The van der Waals surface area contributed by atoms with Crippen molar-refractivity contribution in [2.24, 2.45) is 0 Å². The van der Waals surface area contributed by atoms with E-state index in [9.17, 15) is 0 Å². The van der Waals surface area contributed by atoms with E-state index in [4.69, 9.17) is 17.0 Å². The van der Waals surface area contributed by atoms with E-state index in [2.05, 4.69) is 24.4 Å². The van der Waals surface area contributed by atoms with Gasteiger partial charge in [0.25, 0.3) is 0 Å². The highest BCUT2D eigenvalue weighted by molar-refractivity contribution is 7.80. The van der Waals surface area contributed by atoms with Gasteiger partial charge in [0.05, 0.1) is 6.61 Å². The fourth-order valence-electron chi connectivity index (χ4n) is 1.50. The van der Waals surface area contributed by atoms with Crippen LogP contribution in [0.2, 0.25) is 0 Å². The van der Waals surface area contributed by atoms with E-state index in [1.54, 1.807) is 11.3 Å². The van der Waals surface area contributed by atoms with E-state index < -0.39 is 0 Å². The molecule has 0 aliphatic rings. The van der Waals surface area contributed by atoms with Gasteiger partial charge in [0.15, 0.2) is 5.05 Å². The lowest BCUT2D eigenvalue weighted by Crippen LogP contribution is -2.02. The van der Waals surface area contributed by atoms with Crippen LogP contribution in [0.5, 0.6) is 0 Å². The van der Waals surface area contributed by atoms with Gasteiger partial charge < -0.3 is 4.74 Å². The Bertz CT molecular complexity index is 499. The standard InChI is InChI=1S/C12H12OS2/c1-3-13-12(14)9-4-5-11-10(6-9)8(2)7-15-11/h4-7H,3H2,1-2H3. The third-order valence-electron chi connectivity index (χ3n) is 2.28. The second-order valence-electron chi connectivity index (χ2n) is 3.35. The van der Waals surface area contributed by atoms with Gasteiger partial charge in [0.1, 0.15) is 0 Å². The molecule has 3 heteroatoms. The number of rotatable bonds is 2. The van der Waals surface area contributed by atoms with Crippen molar-refractivity contribution in [1.29, 1.82) is 0 Å². The van der Waals surface area contributed by atoms with Crippen LogP contribution in [0.4, 0.5) is 0 Å². The van der Waals surface area contributed by atoms with E-state index in [0.29, 0.717) is 11.7 Å². The normalized spacial score (nSPS) is 10.5. The zero-order chi connectivity index (χ0) is 10.8. The minimum absolute atomic E-state index is 0.588. The molecule has 0 amide bonds. The van der Waals surface area contributed by atoms with Gasteiger partial charge >= 0.3 is 0 Å². The highest BCUT2D eigenvalue weighted by atomic mass is 32.1. The smallest absolute Gasteiger partial charge is 0.191 e. The summed E-state index contributed by atoms with van der Waals surface area (Å²) >= 11 is 6.94. The Hall–Kier alpha value is -0.930. The summed E-state index contributed by atoms with van der Waals surface area (Å²) in [5, 5.41) is 4.03. The van der Waals surface area contributed by atoms with Gasteiger partial charge in [-0.05, 0) is 60.6 Å². The number of hydrogen-bond acceptors (Lipinski definition) is 3. The van der Waals surface area contributed by atoms with Crippen LogP contribution in [-0.2, 0) is 4.74 Å². The largest absolute Gasteiger partial charge is 0.483 e. The fraction of sp³-hybridized carbons (Fsp3) is 0.250. The van der Waals surface area contributed by atoms with E-state index >= 15 is 0 Å². The first kappa shape index (κ1) is 10.6. The third-order valence-corrected chi connectivity index (χ3v) is 3.71. The van der Waals surface area contributed by atoms with Gasteiger partial charge in [-0.2, -0.15) is 0 Å². The molecule has 0 aliphatic carbocycles. The van der Waals surface area contributed by atoms with Crippen LogP contribution in [0, 0.1) is 6.92 Å². The Morgan fingerprint density at radius 1 is 1.47 bits per heavy atom. The molecule has 0 spiro atoms. The van der Waals surface area contributed by atoms with Crippen LogP contribution in [0.15, 0.2) is 23.6 Å². The Morgan fingerprint density at radius 3 is 3.00 bits per heavy atom. The minimum Gasteiger partial charge on any atom is -0.483 e. The topological polar surface area (TPSA) is 9.23 Å². The van der Waals surface area contributed by atoms with Gasteiger partial charge in [-0.1, -0.05) is 0 Å². The van der Waals surface area contributed by atoms with Crippen molar-refractivity contribution in [3.05, 3.63) is 34.7 Å². The Labute approximate surface area is 98.7 Å². The quantitative estimate of drug-likeness (QED) is 0.731. The number of ether oxygens (including phenoxy) is 1. The lowest BCUT2D eigenvalue weighted by Gasteiger charge is -2.04. The maximum atomic E-state index is 5.33. The molecule has 0 fully saturated rings. The van der Waals surface area contributed by atoms with Crippen molar-refractivity contribution >= 4 is 38.7 Å². The molecule has 1 nitrogen and oxygen atoms in total. The van der Waals surface area contributed by atoms with Gasteiger partial charge in [0, 0.05) is 10.3 Å². The molecule has 1 aromatic carbocycles. The van der Waals surface area contributed by atoms with Gasteiger partial charge in [-0.25, -0.2) is 0 Å². The molecule has 0 atom stereocenters. The summed E-state index contributed by atoms with van der Waals surface area (Å²) in [6, 6.07) is 6.24. The first-order valence-corrected chi connectivity index (χ1v) is 6.16. The highest BCUT2D eigenvalue weighted by Gasteiger charge is 2.05. The zero-order valence-corrected chi connectivity index (χ0v) is 10.4. The van der Waals surface area contributed by atoms with E-state index in [1.807, 2.05) is 13.0 Å². The molecule has 2 rings (SSSR count). The van der Waals surface area contributed by atoms with Crippen molar-refractivity contribution in [1.82, 2.24) is 0 Å². The Balaban J connectivity index is 2.45. The first-order valence-electron chi connectivity index (χ1n) is 4.87. The predicted molar refractivity (Wildman–Crippen MR) is 69.9 cm³/mol. The molecule has 0 aliphatic heterocycles. The molecule has 2 aromatic rings. The van der Waals surface area contributed by atoms with Gasteiger partial charge in [-0.15, -0.1) is 11.3 Å². The maximum Gasteiger partial charge on any atom is 0.191 e. The molecular formula is C12H12OS2. The van der Waals surface area contributed by atoms with Crippen LogP contribution in [0.3, 0.4) is 0 Å². The summed E-state index contributed by atoms with van der Waals surface area (Å²) in [7, 11) is 0. The maximum absolute atomic E-state index is 5.33. The monoisotopic (exact) mass is 236 g/mol. The molecule has 78 valence electrons. The van der Waals surface area contributed by atoms with Crippen LogP contribution >= 0.6 is 23.6 Å². The number of hydrogen-bond donors (Lipinski definition) is 0. The van der Waals surface area contributed by atoms with Crippen molar-refractivity contribution in [3.8, 4) is 0 Å². The highest BCUT2D eigenvalue weighted by Crippen LogP contribution is 2.26. The first-order chi connectivity index (χ1) is 7.22. The van der Waals surface area contributed by atoms with E-state index in [0.717, 1.165) is 5.56 Å². The molecule has 1 aromatic heterocycles. The Kier molecular flexibility index (Phi) is 3.03. The minimum atomic E-state index is 0.588. The van der Waals surface area contributed by atoms with Crippen molar-refractivity contribution in [3.63, 3.8) is 0 Å². The average molecular weight is 236 g/mol. The molecule has 0 saturated heterocycles. The summed E-state index contributed by atoms with van der Waals surface area (Å²) in [5.41, 5.74) is 2.30. The number of thiocarbonyl (C=S) groups is 1.